The van der Waals surface area contributed by atoms with Crippen molar-refractivity contribution in [2.24, 2.45) is 11.1 Å². The zero-order valence-electron chi connectivity index (χ0n) is 12.4. The van der Waals surface area contributed by atoms with Gasteiger partial charge in [-0.15, -0.1) is 0 Å². The van der Waals surface area contributed by atoms with Gasteiger partial charge in [0.15, 0.2) is 9.84 Å². The van der Waals surface area contributed by atoms with E-state index in [-0.39, 0.29) is 23.9 Å². The molecule has 4 nitrogen and oxygen atoms in total. The van der Waals surface area contributed by atoms with Gasteiger partial charge in [0.1, 0.15) is 5.82 Å². The monoisotopic (exact) mass is 335 g/mol. The summed E-state index contributed by atoms with van der Waals surface area (Å²) in [5.41, 5.74) is 5.56. The van der Waals surface area contributed by atoms with Gasteiger partial charge in [0.25, 0.3) is 0 Å². The Labute approximate surface area is 134 Å². The molecule has 1 aliphatic carbocycles. The van der Waals surface area contributed by atoms with Crippen LogP contribution in [0.3, 0.4) is 0 Å². The molecule has 122 valence electrons. The van der Waals surface area contributed by atoms with E-state index >= 15 is 0 Å². The molecule has 0 heterocycles. The summed E-state index contributed by atoms with van der Waals surface area (Å²) in [6, 6.07) is 13.8. The SMILES string of the molecule is NC[C@@]1(CO)[C@H](S(=O)(=O)c2ccccc2)[C@@H]1c1ccc(F)cc1. The van der Waals surface area contributed by atoms with Gasteiger partial charge in [0.2, 0.25) is 0 Å². The van der Waals surface area contributed by atoms with Gasteiger partial charge >= 0.3 is 0 Å². The Hall–Kier alpha value is -1.76. The third-order valence-electron chi connectivity index (χ3n) is 4.69. The summed E-state index contributed by atoms with van der Waals surface area (Å²) in [4.78, 5) is 0.209. The lowest BCUT2D eigenvalue weighted by Gasteiger charge is -2.12. The summed E-state index contributed by atoms with van der Waals surface area (Å²) >= 11 is 0. The van der Waals surface area contributed by atoms with E-state index < -0.39 is 26.4 Å². The molecule has 1 saturated carbocycles. The molecular weight excluding hydrogens is 317 g/mol. The first-order valence-electron chi connectivity index (χ1n) is 7.33. The summed E-state index contributed by atoms with van der Waals surface area (Å²) in [5.74, 6) is -0.831. The van der Waals surface area contributed by atoms with Crippen LogP contribution in [0.15, 0.2) is 59.5 Å². The first-order valence-corrected chi connectivity index (χ1v) is 8.87. The Morgan fingerprint density at radius 1 is 1.09 bits per heavy atom. The van der Waals surface area contributed by atoms with Crippen LogP contribution in [0.5, 0.6) is 0 Å². The molecular formula is C17H18FNO3S. The number of hydrogen-bond acceptors (Lipinski definition) is 4. The zero-order chi connectivity index (χ0) is 16.7. The van der Waals surface area contributed by atoms with Crippen LogP contribution in [0.1, 0.15) is 11.5 Å². The molecule has 2 aromatic carbocycles. The van der Waals surface area contributed by atoms with E-state index in [1.54, 1.807) is 30.3 Å². The molecule has 0 spiro atoms. The maximum absolute atomic E-state index is 13.1. The fourth-order valence-corrected chi connectivity index (χ4v) is 5.84. The number of aliphatic hydroxyl groups excluding tert-OH is 1. The van der Waals surface area contributed by atoms with Crippen molar-refractivity contribution in [3.05, 3.63) is 66.0 Å². The van der Waals surface area contributed by atoms with Gasteiger partial charge in [-0.2, -0.15) is 0 Å². The molecule has 0 saturated heterocycles. The van der Waals surface area contributed by atoms with Crippen LogP contribution in [0.25, 0.3) is 0 Å². The topological polar surface area (TPSA) is 80.4 Å². The number of rotatable bonds is 5. The van der Waals surface area contributed by atoms with Crippen molar-refractivity contribution in [3.63, 3.8) is 0 Å². The molecule has 3 N–H and O–H groups in total. The van der Waals surface area contributed by atoms with Gasteiger partial charge in [-0.05, 0) is 29.8 Å². The average molecular weight is 335 g/mol. The Morgan fingerprint density at radius 3 is 2.22 bits per heavy atom. The fraction of sp³-hybridized carbons (Fsp3) is 0.294. The molecule has 0 bridgehead atoms. The summed E-state index contributed by atoms with van der Waals surface area (Å²) in [7, 11) is -3.64. The van der Waals surface area contributed by atoms with Gasteiger partial charge in [-0.25, -0.2) is 12.8 Å². The predicted octanol–water partition coefficient (Wildman–Crippen LogP) is 1.70. The molecule has 3 atom stereocenters. The third kappa shape index (κ3) is 2.47. The lowest BCUT2D eigenvalue weighted by molar-refractivity contribution is 0.212. The van der Waals surface area contributed by atoms with Crippen LogP contribution in [-0.2, 0) is 9.84 Å². The fourth-order valence-electron chi connectivity index (χ4n) is 3.37. The second kappa shape index (κ2) is 5.70. The lowest BCUT2D eigenvalue weighted by atomic mass is 10.0. The van der Waals surface area contributed by atoms with E-state index in [1.807, 2.05) is 0 Å². The molecule has 0 amide bonds. The molecule has 1 fully saturated rings. The molecule has 3 rings (SSSR count). The van der Waals surface area contributed by atoms with E-state index in [0.29, 0.717) is 5.56 Å². The highest BCUT2D eigenvalue weighted by molar-refractivity contribution is 7.92. The second-order valence-corrected chi connectivity index (χ2v) is 7.97. The maximum Gasteiger partial charge on any atom is 0.182 e. The minimum absolute atomic E-state index is 0.0439. The van der Waals surface area contributed by atoms with E-state index in [4.69, 9.17) is 5.73 Å². The van der Waals surface area contributed by atoms with Crippen molar-refractivity contribution in [2.75, 3.05) is 13.2 Å². The van der Waals surface area contributed by atoms with E-state index in [9.17, 15) is 17.9 Å². The molecule has 1 aliphatic rings. The standard InChI is InChI=1S/C17H18FNO3S/c18-13-8-6-12(7-9-13)15-16(17(15,10-19)11-20)23(21,22)14-4-2-1-3-5-14/h1-9,15-16,20H,10-11,19H2/t15-,16+,17-/m0/s1. The molecule has 2 aromatic rings. The molecule has 6 heteroatoms. The smallest absolute Gasteiger partial charge is 0.182 e. The highest BCUT2D eigenvalue weighted by atomic mass is 32.2. The molecule has 0 aliphatic heterocycles. The van der Waals surface area contributed by atoms with Gasteiger partial charge in [0.05, 0.1) is 16.8 Å². The van der Waals surface area contributed by atoms with Crippen molar-refractivity contribution in [2.45, 2.75) is 16.1 Å². The Morgan fingerprint density at radius 2 is 1.70 bits per heavy atom. The summed E-state index contributed by atoms with van der Waals surface area (Å²) in [5, 5.41) is 9.00. The van der Waals surface area contributed by atoms with Gasteiger partial charge in [-0.1, -0.05) is 30.3 Å². The largest absolute Gasteiger partial charge is 0.396 e. The summed E-state index contributed by atoms with van der Waals surface area (Å²) in [6.07, 6.45) is 0. The number of hydrogen-bond donors (Lipinski definition) is 2. The maximum atomic E-state index is 13.1. The normalized spacial score (nSPS) is 26.9. The number of nitrogens with two attached hydrogens (primary N) is 1. The van der Waals surface area contributed by atoms with Crippen molar-refractivity contribution >= 4 is 9.84 Å². The van der Waals surface area contributed by atoms with E-state index in [2.05, 4.69) is 0 Å². The molecule has 0 aromatic heterocycles. The Balaban J connectivity index is 2.05. The highest BCUT2D eigenvalue weighted by Crippen LogP contribution is 2.63. The van der Waals surface area contributed by atoms with E-state index in [1.165, 1.54) is 24.3 Å². The highest BCUT2D eigenvalue weighted by Gasteiger charge is 2.70. The first kappa shape index (κ1) is 16.1. The Kier molecular flexibility index (Phi) is 4.00. The molecule has 0 radical (unpaired) electrons. The van der Waals surface area contributed by atoms with Crippen LogP contribution in [0.4, 0.5) is 4.39 Å². The van der Waals surface area contributed by atoms with Crippen molar-refractivity contribution < 1.29 is 17.9 Å². The second-order valence-electron chi connectivity index (χ2n) is 5.90. The average Bonchev–Trinajstić information content (AvgIpc) is 3.27. The van der Waals surface area contributed by atoms with Crippen LogP contribution >= 0.6 is 0 Å². The van der Waals surface area contributed by atoms with Gasteiger partial charge in [-0.3, -0.25) is 0 Å². The number of halogens is 1. The lowest BCUT2D eigenvalue weighted by Crippen LogP contribution is -2.27. The van der Waals surface area contributed by atoms with Gasteiger partial charge < -0.3 is 10.8 Å². The third-order valence-corrected chi connectivity index (χ3v) is 7.03. The van der Waals surface area contributed by atoms with Crippen molar-refractivity contribution in [3.8, 4) is 0 Å². The minimum Gasteiger partial charge on any atom is -0.396 e. The quantitative estimate of drug-likeness (QED) is 0.871. The number of benzene rings is 2. The van der Waals surface area contributed by atoms with Crippen molar-refractivity contribution in [1.82, 2.24) is 0 Å². The van der Waals surface area contributed by atoms with Crippen LogP contribution in [-0.4, -0.2) is 31.9 Å². The first-order chi connectivity index (χ1) is 11.0. The summed E-state index contributed by atoms with van der Waals surface area (Å²) < 4.78 is 39.0. The molecule has 0 unspecified atom stereocenters. The predicted molar refractivity (Wildman–Crippen MR) is 85.1 cm³/mol. The number of aliphatic hydroxyl groups is 1. The summed E-state index contributed by atoms with van der Waals surface area (Å²) in [6.45, 7) is -0.287. The van der Waals surface area contributed by atoms with Crippen LogP contribution in [0, 0.1) is 11.2 Å². The minimum atomic E-state index is -3.64. The Bertz CT molecular complexity index is 786. The van der Waals surface area contributed by atoms with E-state index in [0.717, 1.165) is 0 Å². The van der Waals surface area contributed by atoms with Gasteiger partial charge in [0, 0.05) is 17.9 Å². The van der Waals surface area contributed by atoms with Crippen LogP contribution in [0.2, 0.25) is 0 Å². The van der Waals surface area contributed by atoms with Crippen LogP contribution < -0.4 is 5.73 Å². The zero-order valence-corrected chi connectivity index (χ0v) is 13.2. The molecule has 23 heavy (non-hydrogen) atoms. The number of sulfone groups is 1. The van der Waals surface area contributed by atoms with Crippen molar-refractivity contribution in [1.29, 1.82) is 0 Å².